The third-order valence-corrected chi connectivity index (χ3v) is 2.44. The van der Waals surface area contributed by atoms with Gasteiger partial charge < -0.3 is 9.84 Å². The minimum Gasteiger partial charge on any atom is -0.492 e. The van der Waals surface area contributed by atoms with Crippen molar-refractivity contribution in [2.24, 2.45) is 0 Å². The summed E-state index contributed by atoms with van der Waals surface area (Å²) in [5, 5.41) is 13.1. The quantitative estimate of drug-likeness (QED) is 0.876. The molecule has 0 fully saturated rings. The number of hydrogen-bond donors (Lipinski definition) is 1. The van der Waals surface area contributed by atoms with Gasteiger partial charge in [-0.05, 0) is 31.2 Å². The molecule has 0 aliphatic carbocycles. The topological polar surface area (TPSA) is 64.3 Å². The van der Waals surface area contributed by atoms with Gasteiger partial charge in [-0.3, -0.25) is 4.68 Å². The van der Waals surface area contributed by atoms with Crippen LogP contribution in [0.1, 0.15) is 16.1 Å². The molecule has 0 saturated heterocycles. The third kappa shape index (κ3) is 3.10. The van der Waals surface area contributed by atoms with Crippen LogP contribution < -0.4 is 4.74 Å². The Hall–Kier alpha value is -2.30. The van der Waals surface area contributed by atoms with Crippen molar-refractivity contribution >= 4 is 5.97 Å². The third-order valence-electron chi connectivity index (χ3n) is 2.44. The maximum Gasteiger partial charge on any atom is 0.335 e. The first-order valence-electron chi connectivity index (χ1n) is 5.61. The van der Waals surface area contributed by atoms with Crippen molar-refractivity contribution in [1.82, 2.24) is 9.78 Å². The first-order valence-corrected chi connectivity index (χ1v) is 5.61. The number of aromatic nitrogens is 2. The van der Waals surface area contributed by atoms with Gasteiger partial charge >= 0.3 is 5.97 Å². The fourth-order valence-electron chi connectivity index (χ4n) is 1.56. The Labute approximate surface area is 105 Å². The van der Waals surface area contributed by atoms with Crippen molar-refractivity contribution in [2.45, 2.75) is 13.5 Å². The largest absolute Gasteiger partial charge is 0.492 e. The number of benzene rings is 1. The molecule has 1 N–H and O–H groups in total. The van der Waals surface area contributed by atoms with Crippen molar-refractivity contribution in [2.75, 3.05) is 6.61 Å². The van der Waals surface area contributed by atoms with Crippen LogP contribution in [0.3, 0.4) is 0 Å². The molecule has 5 nitrogen and oxygen atoms in total. The standard InChI is InChI=1S/C13H14N2O3/c1-10-5-6-15(14-10)7-8-18-12-4-2-3-11(9-12)13(16)17/h2-6,9H,7-8H2,1H3,(H,16,17). The van der Waals surface area contributed by atoms with Crippen molar-refractivity contribution in [3.63, 3.8) is 0 Å². The Bertz CT molecular complexity index is 549. The number of hydrogen-bond acceptors (Lipinski definition) is 3. The molecular weight excluding hydrogens is 232 g/mol. The number of aromatic carboxylic acids is 1. The second-order valence-corrected chi connectivity index (χ2v) is 3.90. The molecule has 1 aromatic heterocycles. The van der Waals surface area contributed by atoms with E-state index in [1.54, 1.807) is 16.8 Å². The lowest BCUT2D eigenvalue weighted by atomic mass is 10.2. The average Bonchev–Trinajstić information content (AvgIpc) is 2.75. The van der Waals surface area contributed by atoms with Crippen LogP contribution in [0.5, 0.6) is 5.75 Å². The van der Waals surface area contributed by atoms with Gasteiger partial charge in [0.1, 0.15) is 12.4 Å². The molecule has 94 valence electrons. The maximum absolute atomic E-state index is 10.8. The van der Waals surface area contributed by atoms with E-state index in [1.165, 1.54) is 12.1 Å². The molecule has 2 rings (SSSR count). The van der Waals surface area contributed by atoms with E-state index in [4.69, 9.17) is 9.84 Å². The predicted molar refractivity (Wildman–Crippen MR) is 65.9 cm³/mol. The normalized spacial score (nSPS) is 10.3. The number of aryl methyl sites for hydroxylation is 1. The lowest BCUT2D eigenvalue weighted by molar-refractivity contribution is 0.0696. The number of carboxylic acid groups (broad SMARTS) is 1. The van der Waals surface area contributed by atoms with Crippen molar-refractivity contribution in [1.29, 1.82) is 0 Å². The van der Waals surface area contributed by atoms with Gasteiger partial charge in [-0.1, -0.05) is 6.07 Å². The van der Waals surface area contributed by atoms with E-state index in [0.717, 1.165) is 5.69 Å². The summed E-state index contributed by atoms with van der Waals surface area (Å²) in [6.07, 6.45) is 1.88. The lowest BCUT2D eigenvalue weighted by Gasteiger charge is -2.06. The van der Waals surface area contributed by atoms with Crippen LogP contribution in [-0.2, 0) is 6.54 Å². The van der Waals surface area contributed by atoms with Gasteiger partial charge in [0, 0.05) is 6.20 Å². The van der Waals surface area contributed by atoms with E-state index in [1.807, 2.05) is 19.2 Å². The minimum absolute atomic E-state index is 0.224. The SMILES string of the molecule is Cc1ccn(CCOc2cccc(C(=O)O)c2)n1. The number of carboxylic acids is 1. The van der Waals surface area contributed by atoms with Crippen LogP contribution in [0.4, 0.5) is 0 Å². The van der Waals surface area contributed by atoms with E-state index in [9.17, 15) is 4.79 Å². The summed E-state index contributed by atoms with van der Waals surface area (Å²) in [6.45, 7) is 3.00. The molecule has 0 amide bonds. The molecule has 0 radical (unpaired) electrons. The molecule has 0 aliphatic heterocycles. The van der Waals surface area contributed by atoms with E-state index >= 15 is 0 Å². The molecule has 0 bridgehead atoms. The van der Waals surface area contributed by atoms with Crippen molar-refractivity contribution in [3.8, 4) is 5.75 Å². The number of ether oxygens (including phenoxy) is 1. The Morgan fingerprint density at radius 2 is 2.28 bits per heavy atom. The second kappa shape index (κ2) is 5.35. The smallest absolute Gasteiger partial charge is 0.335 e. The monoisotopic (exact) mass is 246 g/mol. The van der Waals surface area contributed by atoms with E-state index in [-0.39, 0.29) is 5.56 Å². The minimum atomic E-state index is -0.955. The fraction of sp³-hybridized carbons (Fsp3) is 0.231. The van der Waals surface area contributed by atoms with Gasteiger partial charge in [-0.2, -0.15) is 5.10 Å². The molecule has 0 unspecified atom stereocenters. The van der Waals surface area contributed by atoms with Gasteiger partial charge in [0.2, 0.25) is 0 Å². The predicted octanol–water partition coefficient (Wildman–Crippen LogP) is 1.97. The molecule has 0 aliphatic rings. The molecule has 1 aromatic carbocycles. The molecule has 0 atom stereocenters. The van der Waals surface area contributed by atoms with Crippen LogP contribution in [0.2, 0.25) is 0 Å². The zero-order valence-electron chi connectivity index (χ0n) is 10.0. The van der Waals surface area contributed by atoms with Crippen molar-refractivity contribution < 1.29 is 14.6 Å². The summed E-state index contributed by atoms with van der Waals surface area (Å²) >= 11 is 0. The number of nitrogens with zero attached hydrogens (tertiary/aromatic N) is 2. The highest BCUT2D eigenvalue weighted by Gasteiger charge is 2.03. The lowest BCUT2D eigenvalue weighted by Crippen LogP contribution is -2.09. The molecule has 0 saturated carbocycles. The maximum atomic E-state index is 10.8. The van der Waals surface area contributed by atoms with Crippen molar-refractivity contribution in [3.05, 3.63) is 47.8 Å². The van der Waals surface area contributed by atoms with Gasteiger partial charge in [-0.15, -0.1) is 0 Å². The van der Waals surface area contributed by atoms with Crippen LogP contribution in [0.25, 0.3) is 0 Å². The van der Waals surface area contributed by atoms with E-state index < -0.39 is 5.97 Å². The Morgan fingerprint density at radius 3 is 2.94 bits per heavy atom. The zero-order chi connectivity index (χ0) is 13.0. The highest BCUT2D eigenvalue weighted by atomic mass is 16.5. The molecule has 18 heavy (non-hydrogen) atoms. The fourth-order valence-corrected chi connectivity index (χ4v) is 1.56. The second-order valence-electron chi connectivity index (χ2n) is 3.90. The van der Waals surface area contributed by atoms with Crippen LogP contribution >= 0.6 is 0 Å². The Balaban J connectivity index is 1.90. The van der Waals surface area contributed by atoms with Gasteiger partial charge in [0.05, 0.1) is 17.8 Å². The van der Waals surface area contributed by atoms with E-state index in [2.05, 4.69) is 5.10 Å². The summed E-state index contributed by atoms with van der Waals surface area (Å²) in [6, 6.07) is 8.37. The molecule has 2 aromatic rings. The van der Waals surface area contributed by atoms with Crippen LogP contribution in [-0.4, -0.2) is 27.5 Å². The summed E-state index contributed by atoms with van der Waals surface area (Å²) in [7, 11) is 0. The van der Waals surface area contributed by atoms with E-state index in [0.29, 0.717) is 18.9 Å². The highest BCUT2D eigenvalue weighted by molar-refractivity contribution is 5.87. The summed E-state index contributed by atoms with van der Waals surface area (Å²) in [5.41, 5.74) is 1.19. The molecular formula is C13H14N2O3. The van der Waals surface area contributed by atoms with Crippen LogP contribution in [0, 0.1) is 6.92 Å². The molecule has 5 heteroatoms. The van der Waals surface area contributed by atoms with Crippen LogP contribution in [0.15, 0.2) is 36.5 Å². The summed E-state index contributed by atoms with van der Waals surface area (Å²) in [5.74, 6) is -0.401. The number of rotatable bonds is 5. The van der Waals surface area contributed by atoms with Gasteiger partial charge in [0.15, 0.2) is 0 Å². The molecule has 1 heterocycles. The summed E-state index contributed by atoms with van der Waals surface area (Å²) < 4.78 is 7.27. The van der Waals surface area contributed by atoms with Gasteiger partial charge in [0.25, 0.3) is 0 Å². The first-order chi connectivity index (χ1) is 8.65. The molecule has 0 spiro atoms. The zero-order valence-corrected chi connectivity index (χ0v) is 10.0. The Morgan fingerprint density at radius 1 is 1.44 bits per heavy atom. The number of carbonyl (C=O) groups is 1. The van der Waals surface area contributed by atoms with Gasteiger partial charge in [-0.25, -0.2) is 4.79 Å². The summed E-state index contributed by atoms with van der Waals surface area (Å²) in [4.78, 5) is 10.8. The average molecular weight is 246 g/mol. The first kappa shape index (κ1) is 12.2. The highest BCUT2D eigenvalue weighted by Crippen LogP contribution is 2.13. The Kier molecular flexibility index (Phi) is 3.62.